The predicted molar refractivity (Wildman–Crippen MR) is 189 cm³/mol. The summed E-state index contributed by atoms with van der Waals surface area (Å²) in [6.07, 6.45) is 3.07. The first-order chi connectivity index (χ1) is 23.2. The molecule has 0 spiro atoms. The molecule has 0 N–H and O–H groups in total. The standard InChI is InChI=1S/C38H46N4O7/c1-8-9-24-47-36(46)41-19-18-29(34(44)48-37(2,3)4)32(41)26-14-16-27(17-15-26)42-31-13-11-10-12-28(31)30(25-43)33(42)39-20-22-40(23-21-39)35(45)49-38(5,6)7/h10-19,25H,8-9,20-24H2,1-7H3. The number of anilines is 1. The average molecular weight is 671 g/mol. The molecule has 0 radical (unpaired) electrons. The molecule has 5 rings (SSSR count). The van der Waals surface area contributed by atoms with Gasteiger partial charge in [-0.3, -0.25) is 13.9 Å². The number of esters is 1. The molecule has 260 valence electrons. The molecule has 1 aliphatic rings. The van der Waals surface area contributed by atoms with Gasteiger partial charge in [0, 0.05) is 43.4 Å². The number of aromatic nitrogens is 2. The molecule has 49 heavy (non-hydrogen) atoms. The Kier molecular flexibility index (Phi) is 10.2. The van der Waals surface area contributed by atoms with Gasteiger partial charge in [0.1, 0.15) is 17.0 Å². The molecular formula is C38H46N4O7. The summed E-state index contributed by atoms with van der Waals surface area (Å²) >= 11 is 0. The highest BCUT2D eigenvalue weighted by atomic mass is 16.6. The Morgan fingerprint density at radius 1 is 0.816 bits per heavy atom. The van der Waals surface area contributed by atoms with Gasteiger partial charge in [-0.2, -0.15) is 0 Å². The van der Waals surface area contributed by atoms with Crippen LogP contribution in [0.15, 0.2) is 60.8 Å². The Morgan fingerprint density at radius 3 is 2.08 bits per heavy atom. The number of nitrogens with zero attached hydrogens (tertiary/aromatic N) is 4. The molecule has 0 aliphatic carbocycles. The molecule has 3 heterocycles. The van der Waals surface area contributed by atoms with E-state index in [2.05, 4.69) is 4.90 Å². The van der Waals surface area contributed by atoms with Crippen molar-refractivity contribution >= 4 is 41.2 Å². The molecule has 1 fully saturated rings. The van der Waals surface area contributed by atoms with E-state index in [0.29, 0.717) is 43.0 Å². The molecule has 4 aromatic rings. The minimum atomic E-state index is -0.734. The van der Waals surface area contributed by atoms with E-state index in [4.69, 9.17) is 14.2 Å². The number of fused-ring (bicyclic) bond motifs is 1. The Balaban J connectivity index is 1.54. The Morgan fingerprint density at radius 2 is 1.47 bits per heavy atom. The minimum Gasteiger partial charge on any atom is -0.456 e. The molecule has 2 aromatic heterocycles. The number of ether oxygens (including phenoxy) is 3. The SMILES string of the molecule is CCCCOC(=O)n1ccc(C(=O)OC(C)(C)C)c1-c1ccc(-n2c(N3CCN(C(=O)OC(C)(C)C)CC3)c(C=O)c3ccccc32)cc1. The maximum absolute atomic E-state index is 13.3. The van der Waals surface area contributed by atoms with Crippen molar-refractivity contribution in [2.24, 2.45) is 0 Å². The highest BCUT2D eigenvalue weighted by Crippen LogP contribution is 2.37. The van der Waals surface area contributed by atoms with E-state index >= 15 is 0 Å². The van der Waals surface area contributed by atoms with Gasteiger partial charge < -0.3 is 24.0 Å². The quantitative estimate of drug-likeness (QED) is 0.0811. The van der Waals surface area contributed by atoms with Gasteiger partial charge in [-0.1, -0.05) is 43.7 Å². The van der Waals surface area contributed by atoms with Gasteiger partial charge in [0.15, 0.2) is 6.29 Å². The Bertz CT molecular complexity index is 1830. The zero-order chi connectivity index (χ0) is 35.5. The van der Waals surface area contributed by atoms with Crippen LogP contribution < -0.4 is 4.90 Å². The zero-order valence-corrected chi connectivity index (χ0v) is 29.4. The zero-order valence-electron chi connectivity index (χ0n) is 29.4. The van der Waals surface area contributed by atoms with Crippen LogP contribution >= 0.6 is 0 Å². The van der Waals surface area contributed by atoms with Crippen LogP contribution in [0.4, 0.5) is 15.4 Å². The van der Waals surface area contributed by atoms with Crippen LogP contribution in [0.1, 0.15) is 82.0 Å². The van der Waals surface area contributed by atoms with Crippen LogP contribution in [-0.4, -0.2) is 82.5 Å². The van der Waals surface area contributed by atoms with Crippen molar-refractivity contribution in [3.8, 4) is 16.9 Å². The number of aldehydes is 1. The Labute approximate surface area is 287 Å². The van der Waals surface area contributed by atoms with Crippen molar-refractivity contribution in [2.45, 2.75) is 72.5 Å². The fraction of sp³-hybridized carbons (Fsp3) is 0.421. The van der Waals surface area contributed by atoms with Crippen LogP contribution in [0.2, 0.25) is 0 Å². The van der Waals surface area contributed by atoms with E-state index in [0.717, 1.165) is 41.5 Å². The van der Waals surface area contributed by atoms with Gasteiger partial charge >= 0.3 is 18.2 Å². The molecular weight excluding hydrogens is 624 g/mol. The van der Waals surface area contributed by atoms with Crippen LogP contribution in [0, 0.1) is 0 Å². The summed E-state index contributed by atoms with van der Waals surface area (Å²) in [5.74, 6) is 0.177. The molecule has 0 bridgehead atoms. The van der Waals surface area contributed by atoms with Gasteiger partial charge in [0.2, 0.25) is 0 Å². The van der Waals surface area contributed by atoms with E-state index in [1.165, 1.54) is 10.8 Å². The Hall–Kier alpha value is -5.06. The fourth-order valence-corrected chi connectivity index (χ4v) is 5.89. The number of carbonyl (C=O) groups is 4. The van der Waals surface area contributed by atoms with E-state index in [1.807, 2.05) is 80.8 Å². The molecule has 0 unspecified atom stereocenters. The van der Waals surface area contributed by atoms with E-state index < -0.39 is 23.3 Å². The topological polar surface area (TPSA) is 112 Å². The molecule has 1 aliphatic heterocycles. The summed E-state index contributed by atoms with van der Waals surface area (Å²) < 4.78 is 20.2. The number of para-hydroxylation sites is 1. The summed E-state index contributed by atoms with van der Waals surface area (Å²) in [5, 5.41) is 0.807. The van der Waals surface area contributed by atoms with Crippen LogP contribution in [-0.2, 0) is 14.2 Å². The summed E-state index contributed by atoms with van der Waals surface area (Å²) in [6, 6.07) is 16.8. The summed E-state index contributed by atoms with van der Waals surface area (Å²) in [6.45, 7) is 15.1. The molecule has 11 nitrogen and oxygen atoms in total. The third kappa shape index (κ3) is 7.82. The van der Waals surface area contributed by atoms with Gasteiger partial charge in [0.25, 0.3) is 0 Å². The second-order valence-electron chi connectivity index (χ2n) is 14.1. The van der Waals surface area contributed by atoms with Crippen molar-refractivity contribution in [3.63, 3.8) is 0 Å². The molecule has 0 atom stereocenters. The lowest BCUT2D eigenvalue weighted by atomic mass is 10.1. The lowest BCUT2D eigenvalue weighted by Crippen LogP contribution is -2.50. The lowest BCUT2D eigenvalue weighted by molar-refractivity contribution is 0.00697. The maximum Gasteiger partial charge on any atom is 0.418 e. The minimum absolute atomic E-state index is 0.244. The number of piperazine rings is 1. The normalized spacial score (nSPS) is 13.8. The smallest absolute Gasteiger partial charge is 0.418 e. The molecule has 1 amide bonds. The third-order valence-electron chi connectivity index (χ3n) is 8.06. The number of carbonyl (C=O) groups excluding carboxylic acids is 4. The highest BCUT2D eigenvalue weighted by Gasteiger charge is 2.30. The first-order valence-electron chi connectivity index (χ1n) is 16.8. The number of hydrogen-bond acceptors (Lipinski definition) is 8. The van der Waals surface area contributed by atoms with Gasteiger partial charge in [-0.15, -0.1) is 0 Å². The van der Waals surface area contributed by atoms with Crippen molar-refractivity contribution in [1.82, 2.24) is 14.0 Å². The fourth-order valence-electron chi connectivity index (χ4n) is 5.89. The first kappa shape index (κ1) is 35.3. The highest BCUT2D eigenvalue weighted by molar-refractivity contribution is 6.05. The predicted octanol–water partition coefficient (Wildman–Crippen LogP) is 7.71. The van der Waals surface area contributed by atoms with Crippen LogP contribution in [0.25, 0.3) is 27.8 Å². The lowest BCUT2D eigenvalue weighted by Gasteiger charge is -2.37. The number of amides is 1. The summed E-state index contributed by atoms with van der Waals surface area (Å²) in [7, 11) is 0. The summed E-state index contributed by atoms with van der Waals surface area (Å²) in [5.41, 5.74) is 2.08. The number of unbranched alkanes of at least 4 members (excludes halogenated alkanes) is 1. The molecule has 0 saturated carbocycles. The number of benzene rings is 2. The van der Waals surface area contributed by atoms with Crippen molar-refractivity contribution in [3.05, 3.63) is 71.9 Å². The maximum atomic E-state index is 13.3. The van der Waals surface area contributed by atoms with Crippen LogP contribution in [0.5, 0.6) is 0 Å². The first-order valence-corrected chi connectivity index (χ1v) is 16.8. The second kappa shape index (κ2) is 14.2. The van der Waals surface area contributed by atoms with E-state index in [9.17, 15) is 19.2 Å². The van der Waals surface area contributed by atoms with E-state index in [-0.39, 0.29) is 18.3 Å². The second-order valence-corrected chi connectivity index (χ2v) is 14.1. The monoisotopic (exact) mass is 670 g/mol. The van der Waals surface area contributed by atoms with Crippen molar-refractivity contribution < 1.29 is 33.4 Å². The van der Waals surface area contributed by atoms with Crippen LogP contribution in [0.3, 0.4) is 0 Å². The van der Waals surface area contributed by atoms with Crippen molar-refractivity contribution in [2.75, 3.05) is 37.7 Å². The molecule has 1 saturated heterocycles. The van der Waals surface area contributed by atoms with E-state index in [1.54, 1.807) is 31.7 Å². The number of rotatable bonds is 8. The average Bonchev–Trinajstić information content (AvgIpc) is 3.64. The van der Waals surface area contributed by atoms with Gasteiger partial charge in [0.05, 0.1) is 28.9 Å². The summed E-state index contributed by atoms with van der Waals surface area (Å²) in [4.78, 5) is 55.7. The molecule has 2 aromatic carbocycles. The largest absolute Gasteiger partial charge is 0.456 e. The van der Waals surface area contributed by atoms with Gasteiger partial charge in [-0.25, -0.2) is 14.4 Å². The molecule has 11 heteroatoms. The number of hydrogen-bond donors (Lipinski definition) is 0. The van der Waals surface area contributed by atoms with Gasteiger partial charge in [-0.05, 0) is 77.8 Å². The third-order valence-corrected chi connectivity index (χ3v) is 8.06. The van der Waals surface area contributed by atoms with Crippen molar-refractivity contribution in [1.29, 1.82) is 0 Å².